The van der Waals surface area contributed by atoms with Gasteiger partial charge in [-0.15, -0.1) is 0 Å². The summed E-state index contributed by atoms with van der Waals surface area (Å²) in [5, 5.41) is 0. The van der Waals surface area contributed by atoms with Crippen LogP contribution in [0, 0.1) is 0 Å². The normalized spacial score (nSPS) is 15.8. The summed E-state index contributed by atoms with van der Waals surface area (Å²) in [6.45, 7) is 0. The molecule has 0 heterocycles. The maximum atomic E-state index is 12.0. The van der Waals surface area contributed by atoms with Gasteiger partial charge in [-0.25, -0.2) is 0 Å². The third-order valence-corrected chi connectivity index (χ3v) is 3.04. The first-order valence-electron chi connectivity index (χ1n) is 5.93. The van der Waals surface area contributed by atoms with E-state index in [1.54, 1.807) is 6.08 Å². The Bertz CT molecular complexity index is 648. The van der Waals surface area contributed by atoms with Gasteiger partial charge in [0.05, 0.1) is 0 Å². The van der Waals surface area contributed by atoms with E-state index in [1.165, 1.54) is 0 Å². The minimum Gasteiger partial charge on any atom is -0.289 e. The first kappa shape index (κ1) is 10.7. The van der Waals surface area contributed by atoms with Crippen LogP contribution in [0.15, 0.2) is 60.7 Å². The number of allylic oxidation sites excluding steroid dienone is 2. The van der Waals surface area contributed by atoms with Crippen molar-refractivity contribution in [2.45, 2.75) is 0 Å². The van der Waals surface area contributed by atoms with Crippen molar-refractivity contribution in [3.05, 3.63) is 77.4 Å². The first-order valence-corrected chi connectivity index (χ1v) is 5.93. The fourth-order valence-corrected chi connectivity index (χ4v) is 2.14. The first-order chi connectivity index (χ1) is 8.84. The number of hydrogen-bond acceptors (Lipinski definition) is 1. The van der Waals surface area contributed by atoms with Gasteiger partial charge in [0, 0.05) is 5.57 Å². The molecule has 2 aromatic carbocycles. The number of fused-ring (bicyclic) bond motifs is 1. The Kier molecular flexibility index (Phi) is 2.66. The zero-order valence-electron chi connectivity index (χ0n) is 9.84. The van der Waals surface area contributed by atoms with Crippen LogP contribution in [0.2, 0.25) is 0 Å². The second-order valence-electron chi connectivity index (χ2n) is 4.25. The highest BCUT2D eigenvalue weighted by molar-refractivity contribution is 6.33. The molecule has 0 amide bonds. The van der Waals surface area contributed by atoms with Gasteiger partial charge in [0.15, 0.2) is 5.78 Å². The molecule has 0 saturated heterocycles. The number of benzene rings is 2. The van der Waals surface area contributed by atoms with Gasteiger partial charge in [-0.3, -0.25) is 4.79 Å². The van der Waals surface area contributed by atoms with Crippen LogP contribution in [0.5, 0.6) is 0 Å². The van der Waals surface area contributed by atoms with E-state index >= 15 is 0 Å². The summed E-state index contributed by atoms with van der Waals surface area (Å²) in [4.78, 5) is 12.0. The molecule has 1 aliphatic rings. The maximum absolute atomic E-state index is 12.0. The third-order valence-electron chi connectivity index (χ3n) is 3.04. The van der Waals surface area contributed by atoms with Gasteiger partial charge in [0.2, 0.25) is 0 Å². The van der Waals surface area contributed by atoms with Crippen LogP contribution in [0.3, 0.4) is 0 Å². The minimum atomic E-state index is 0.0672. The molecule has 0 unspecified atom stereocenters. The molecule has 0 saturated carbocycles. The Balaban J connectivity index is 2.14. The highest BCUT2D eigenvalue weighted by Gasteiger charge is 2.16. The van der Waals surface area contributed by atoms with Crippen molar-refractivity contribution >= 4 is 23.5 Å². The lowest BCUT2D eigenvalue weighted by atomic mass is 9.90. The van der Waals surface area contributed by atoms with E-state index in [1.807, 2.05) is 66.7 Å². The second kappa shape index (κ2) is 4.46. The summed E-state index contributed by atoms with van der Waals surface area (Å²) in [5.41, 5.74) is 3.92. The highest BCUT2D eigenvalue weighted by Crippen LogP contribution is 2.28. The number of hydrogen-bond donors (Lipinski definition) is 0. The van der Waals surface area contributed by atoms with E-state index in [2.05, 4.69) is 0 Å². The van der Waals surface area contributed by atoms with Crippen molar-refractivity contribution in [1.82, 2.24) is 0 Å². The van der Waals surface area contributed by atoms with Crippen molar-refractivity contribution in [2.75, 3.05) is 0 Å². The maximum Gasteiger partial charge on any atom is 0.186 e. The van der Waals surface area contributed by atoms with Crippen LogP contribution in [0.25, 0.3) is 17.7 Å². The van der Waals surface area contributed by atoms with Crippen LogP contribution in [0.4, 0.5) is 0 Å². The summed E-state index contributed by atoms with van der Waals surface area (Å²) in [7, 11) is 0. The fraction of sp³-hybridized carbons (Fsp3) is 0. The summed E-state index contributed by atoms with van der Waals surface area (Å²) in [6.07, 6.45) is 5.46. The van der Waals surface area contributed by atoms with Crippen molar-refractivity contribution in [1.29, 1.82) is 0 Å². The lowest BCUT2D eigenvalue weighted by Gasteiger charge is -2.12. The summed E-state index contributed by atoms with van der Waals surface area (Å²) >= 11 is 0. The smallest absolute Gasteiger partial charge is 0.186 e. The lowest BCUT2D eigenvalue weighted by molar-refractivity contribution is -0.109. The number of carbonyl (C=O) groups is 1. The van der Waals surface area contributed by atoms with Gasteiger partial charge in [-0.1, -0.05) is 60.7 Å². The molecule has 1 nitrogen and oxygen atoms in total. The Labute approximate surface area is 106 Å². The van der Waals surface area contributed by atoms with Gasteiger partial charge < -0.3 is 0 Å². The zero-order valence-corrected chi connectivity index (χ0v) is 9.84. The summed E-state index contributed by atoms with van der Waals surface area (Å²) in [5.74, 6) is 0.0672. The molecule has 86 valence electrons. The topological polar surface area (TPSA) is 17.1 Å². The van der Waals surface area contributed by atoms with E-state index in [4.69, 9.17) is 0 Å². The number of ketones is 1. The molecule has 2 aromatic rings. The Morgan fingerprint density at radius 3 is 2.33 bits per heavy atom. The molecule has 0 aromatic heterocycles. The molecule has 1 aliphatic carbocycles. The summed E-state index contributed by atoms with van der Waals surface area (Å²) < 4.78 is 0. The molecule has 1 heteroatoms. The van der Waals surface area contributed by atoms with Gasteiger partial charge in [-0.2, -0.15) is 0 Å². The van der Waals surface area contributed by atoms with Gasteiger partial charge in [0.25, 0.3) is 0 Å². The predicted octanol–water partition coefficient (Wildman–Crippen LogP) is 3.82. The van der Waals surface area contributed by atoms with Crippen LogP contribution >= 0.6 is 0 Å². The number of rotatable bonds is 1. The average molecular weight is 232 g/mol. The molecule has 0 N–H and O–H groups in total. The molecular weight excluding hydrogens is 220 g/mol. The predicted molar refractivity (Wildman–Crippen MR) is 74.8 cm³/mol. The monoisotopic (exact) mass is 232 g/mol. The quantitative estimate of drug-likeness (QED) is 0.683. The Morgan fingerprint density at radius 2 is 1.50 bits per heavy atom. The van der Waals surface area contributed by atoms with Crippen molar-refractivity contribution in [3.8, 4) is 0 Å². The Morgan fingerprint density at radius 1 is 0.778 bits per heavy atom. The highest BCUT2D eigenvalue weighted by atomic mass is 16.1. The van der Waals surface area contributed by atoms with Crippen LogP contribution in [0.1, 0.15) is 16.7 Å². The molecule has 0 radical (unpaired) electrons. The lowest BCUT2D eigenvalue weighted by Crippen LogP contribution is -2.04. The number of carbonyl (C=O) groups excluding carboxylic acids is 1. The molecule has 0 bridgehead atoms. The van der Waals surface area contributed by atoms with Gasteiger partial charge in [-0.05, 0) is 28.8 Å². The van der Waals surface area contributed by atoms with E-state index in [9.17, 15) is 4.79 Å². The van der Waals surface area contributed by atoms with E-state index in [0.29, 0.717) is 0 Å². The molecule has 18 heavy (non-hydrogen) atoms. The minimum absolute atomic E-state index is 0.0672. The van der Waals surface area contributed by atoms with E-state index in [-0.39, 0.29) is 5.78 Å². The van der Waals surface area contributed by atoms with Crippen molar-refractivity contribution < 1.29 is 4.79 Å². The second-order valence-corrected chi connectivity index (χ2v) is 4.25. The molecule has 3 rings (SSSR count). The van der Waals surface area contributed by atoms with Gasteiger partial charge in [0.1, 0.15) is 0 Å². The molecular formula is C17H12O. The Hall–Kier alpha value is -2.41. The molecule has 0 fully saturated rings. The third kappa shape index (κ3) is 1.91. The molecule has 0 spiro atoms. The SMILES string of the molecule is O=C1C=Cc2ccccc2C1=Cc1ccccc1. The van der Waals surface area contributed by atoms with Crippen molar-refractivity contribution in [2.24, 2.45) is 0 Å². The van der Waals surface area contributed by atoms with E-state index in [0.717, 1.165) is 22.3 Å². The van der Waals surface area contributed by atoms with Crippen LogP contribution in [-0.2, 0) is 4.79 Å². The molecule has 0 atom stereocenters. The fourth-order valence-electron chi connectivity index (χ4n) is 2.14. The standard InChI is InChI=1S/C17H12O/c18-17-11-10-14-8-4-5-9-15(14)16(17)12-13-6-2-1-3-7-13/h1-12H. The average Bonchev–Trinajstić information content (AvgIpc) is 2.43. The summed E-state index contributed by atoms with van der Waals surface area (Å²) in [6, 6.07) is 17.9. The van der Waals surface area contributed by atoms with Crippen LogP contribution in [-0.4, -0.2) is 5.78 Å². The molecule has 0 aliphatic heterocycles. The van der Waals surface area contributed by atoms with Crippen LogP contribution < -0.4 is 0 Å². The largest absolute Gasteiger partial charge is 0.289 e. The van der Waals surface area contributed by atoms with E-state index < -0.39 is 0 Å². The van der Waals surface area contributed by atoms with Crippen molar-refractivity contribution in [3.63, 3.8) is 0 Å². The van der Waals surface area contributed by atoms with Gasteiger partial charge >= 0.3 is 0 Å². The zero-order chi connectivity index (χ0) is 12.4.